The molecule has 0 fully saturated rings. The van der Waals surface area contributed by atoms with Gasteiger partial charge in [0.1, 0.15) is 0 Å². The third-order valence-corrected chi connectivity index (χ3v) is 3.37. The molecule has 0 aliphatic heterocycles. The van der Waals surface area contributed by atoms with Crippen LogP contribution in [0, 0.1) is 0 Å². The van der Waals surface area contributed by atoms with Crippen LogP contribution in [0.4, 0.5) is 26.3 Å². The van der Waals surface area contributed by atoms with E-state index in [4.69, 9.17) is 0 Å². The number of rotatable bonds is 8. The van der Waals surface area contributed by atoms with Crippen molar-refractivity contribution in [1.82, 2.24) is 0 Å². The highest BCUT2D eigenvalue weighted by Crippen LogP contribution is 2.39. The monoisotopic (exact) mass is 282 g/mol. The van der Waals surface area contributed by atoms with Crippen LogP contribution in [0.3, 0.4) is 0 Å². The lowest BCUT2D eigenvalue weighted by Gasteiger charge is -2.18. The van der Waals surface area contributed by atoms with Crippen LogP contribution in [0.5, 0.6) is 0 Å². The predicted molar refractivity (Wildman–Crippen MR) is 57.8 cm³/mol. The molecule has 0 bridgehead atoms. The molecule has 0 amide bonds. The topological polar surface area (TPSA) is 0 Å². The Hall–Kier alpha value is 0.01000. The molecule has 0 saturated carbocycles. The summed E-state index contributed by atoms with van der Waals surface area (Å²) in [5.74, 6) is 0. The fourth-order valence-corrected chi connectivity index (χ4v) is 1.80. The smallest absolute Gasteiger partial charge is 0.240 e. The maximum atomic E-state index is 13.0. The summed E-state index contributed by atoms with van der Waals surface area (Å²) in [5.41, 5.74) is -3.29. The molecular weight excluding hydrogens is 265 g/mol. The lowest BCUT2D eigenvalue weighted by atomic mass is 10.1. The van der Waals surface area contributed by atoms with Crippen molar-refractivity contribution >= 4 is 8.58 Å². The van der Waals surface area contributed by atoms with Gasteiger partial charge in [-0.3, -0.25) is 0 Å². The van der Waals surface area contributed by atoms with Gasteiger partial charge < -0.3 is 0 Å². The van der Waals surface area contributed by atoms with Crippen LogP contribution in [0.2, 0.25) is 0 Å². The van der Waals surface area contributed by atoms with E-state index < -0.39 is 33.0 Å². The highest BCUT2D eigenvalue weighted by molar-refractivity contribution is 7.38. The molecule has 2 unspecified atom stereocenters. The van der Waals surface area contributed by atoms with E-state index >= 15 is 0 Å². The van der Waals surface area contributed by atoms with Crippen molar-refractivity contribution in [3.63, 3.8) is 0 Å². The first-order chi connectivity index (χ1) is 7.69. The molecule has 0 saturated heterocycles. The van der Waals surface area contributed by atoms with Crippen molar-refractivity contribution < 1.29 is 26.3 Å². The molecular formula is C10H17F6P. The lowest BCUT2D eigenvalue weighted by molar-refractivity contribution is -0.135. The van der Waals surface area contributed by atoms with Gasteiger partial charge in [0.25, 0.3) is 5.66 Å². The van der Waals surface area contributed by atoms with Gasteiger partial charge in [-0.2, -0.15) is 22.0 Å². The highest BCUT2D eigenvalue weighted by Gasteiger charge is 2.37. The Bertz CT molecular complexity index is 203. The average molecular weight is 282 g/mol. The van der Waals surface area contributed by atoms with Gasteiger partial charge in [-0.05, 0) is 28.1 Å². The van der Waals surface area contributed by atoms with E-state index in [1.165, 1.54) is 6.66 Å². The Kier molecular flexibility index (Phi) is 7.45. The van der Waals surface area contributed by atoms with Crippen molar-refractivity contribution in [3.8, 4) is 0 Å². The van der Waals surface area contributed by atoms with E-state index in [9.17, 15) is 26.3 Å². The second-order valence-corrected chi connectivity index (χ2v) is 5.08. The Labute approximate surface area is 98.9 Å². The van der Waals surface area contributed by atoms with Gasteiger partial charge in [-0.25, -0.2) is 4.39 Å². The van der Waals surface area contributed by atoms with E-state index in [2.05, 4.69) is 0 Å². The Morgan fingerprint density at radius 3 is 1.94 bits per heavy atom. The molecule has 104 valence electrons. The Morgan fingerprint density at radius 2 is 1.47 bits per heavy atom. The van der Waals surface area contributed by atoms with E-state index in [1.54, 1.807) is 0 Å². The molecule has 2 atom stereocenters. The van der Waals surface area contributed by atoms with Gasteiger partial charge in [0.05, 0.1) is 0 Å². The number of hydrogen-bond acceptors (Lipinski definition) is 0. The Morgan fingerprint density at radius 1 is 0.941 bits per heavy atom. The van der Waals surface area contributed by atoms with E-state index in [1.807, 2.05) is 0 Å². The SMILES string of the molecule is CPC(F)(F)C(F)CCCCCCC(F)(F)F. The maximum absolute atomic E-state index is 13.0. The summed E-state index contributed by atoms with van der Waals surface area (Å²) in [6.07, 6.45) is -6.64. The molecule has 0 radical (unpaired) electrons. The van der Waals surface area contributed by atoms with Gasteiger partial charge >= 0.3 is 6.18 Å². The molecule has 0 spiro atoms. The fourth-order valence-electron chi connectivity index (χ4n) is 1.34. The molecule has 0 aromatic heterocycles. The van der Waals surface area contributed by atoms with Crippen molar-refractivity contribution in [2.75, 3.05) is 6.66 Å². The molecule has 0 rings (SSSR count). The molecule has 0 aliphatic rings. The summed E-state index contributed by atoms with van der Waals surface area (Å²) in [7, 11) is -0.788. The average Bonchev–Trinajstić information content (AvgIpc) is 2.21. The molecule has 0 aromatic carbocycles. The third kappa shape index (κ3) is 8.70. The molecule has 17 heavy (non-hydrogen) atoms. The van der Waals surface area contributed by atoms with Crippen molar-refractivity contribution in [3.05, 3.63) is 0 Å². The quantitative estimate of drug-likeness (QED) is 0.329. The minimum absolute atomic E-state index is 0.0215. The van der Waals surface area contributed by atoms with Crippen molar-refractivity contribution in [2.24, 2.45) is 0 Å². The predicted octanol–water partition coefficient (Wildman–Crippen LogP) is 5.13. The van der Waals surface area contributed by atoms with Gasteiger partial charge in [-0.15, -0.1) is 0 Å². The number of hydrogen-bond donors (Lipinski definition) is 0. The lowest BCUT2D eigenvalue weighted by Crippen LogP contribution is -2.24. The molecule has 0 aliphatic carbocycles. The highest BCUT2D eigenvalue weighted by atomic mass is 31.1. The molecule has 0 nitrogen and oxygen atoms in total. The zero-order valence-electron chi connectivity index (χ0n) is 9.59. The largest absolute Gasteiger partial charge is 0.389 e. The molecule has 0 heterocycles. The third-order valence-electron chi connectivity index (χ3n) is 2.39. The minimum Gasteiger partial charge on any atom is -0.240 e. The summed E-state index contributed by atoms with van der Waals surface area (Å²) in [6.45, 7) is 1.23. The first-order valence-electron chi connectivity index (χ1n) is 5.46. The van der Waals surface area contributed by atoms with Gasteiger partial charge in [-0.1, -0.05) is 19.3 Å². The standard InChI is InChI=1S/C10H17F6P/c1-17-10(15,16)8(11)6-4-2-3-5-7-9(12,13)14/h8,17H,2-7H2,1H3. The maximum Gasteiger partial charge on any atom is 0.389 e. The second-order valence-electron chi connectivity index (χ2n) is 3.91. The zero-order chi connectivity index (χ0) is 13.5. The molecule has 7 heteroatoms. The second kappa shape index (κ2) is 7.45. The van der Waals surface area contributed by atoms with E-state index in [-0.39, 0.29) is 19.3 Å². The first-order valence-corrected chi connectivity index (χ1v) is 6.96. The Balaban J connectivity index is 3.53. The van der Waals surface area contributed by atoms with Gasteiger partial charge in [0, 0.05) is 6.42 Å². The van der Waals surface area contributed by atoms with Crippen LogP contribution in [0.15, 0.2) is 0 Å². The minimum atomic E-state index is -4.17. The van der Waals surface area contributed by atoms with Crippen molar-refractivity contribution in [1.29, 1.82) is 0 Å². The zero-order valence-corrected chi connectivity index (χ0v) is 10.6. The summed E-state index contributed by atoms with van der Waals surface area (Å²) in [4.78, 5) is 0. The summed E-state index contributed by atoms with van der Waals surface area (Å²) in [5, 5.41) is 0. The number of alkyl halides is 6. The van der Waals surface area contributed by atoms with Crippen LogP contribution in [-0.2, 0) is 0 Å². The van der Waals surface area contributed by atoms with Crippen molar-refractivity contribution in [2.45, 2.75) is 56.5 Å². The fraction of sp³-hybridized carbons (Fsp3) is 1.00. The van der Waals surface area contributed by atoms with E-state index in [0.717, 1.165) is 0 Å². The summed E-state index contributed by atoms with van der Waals surface area (Å²) >= 11 is 0. The van der Waals surface area contributed by atoms with Crippen LogP contribution >= 0.6 is 8.58 Å². The number of unbranched alkanes of at least 4 members (excludes halogenated alkanes) is 3. The van der Waals surface area contributed by atoms with Gasteiger partial charge in [0.2, 0.25) is 0 Å². The van der Waals surface area contributed by atoms with E-state index in [0.29, 0.717) is 12.8 Å². The summed E-state index contributed by atoms with van der Waals surface area (Å²) in [6, 6.07) is 0. The van der Waals surface area contributed by atoms with Crippen LogP contribution < -0.4 is 0 Å². The van der Waals surface area contributed by atoms with Crippen LogP contribution in [0.1, 0.15) is 38.5 Å². The molecule has 0 aromatic rings. The van der Waals surface area contributed by atoms with Crippen LogP contribution in [-0.4, -0.2) is 24.7 Å². The normalized spacial score (nSPS) is 15.7. The summed E-state index contributed by atoms with van der Waals surface area (Å²) < 4.78 is 73.7. The van der Waals surface area contributed by atoms with Gasteiger partial charge in [0.15, 0.2) is 6.17 Å². The number of halogens is 6. The first kappa shape index (κ1) is 17.0. The molecule has 0 N–H and O–H groups in total. The van der Waals surface area contributed by atoms with Crippen LogP contribution in [0.25, 0.3) is 0 Å².